The van der Waals surface area contributed by atoms with Crippen molar-refractivity contribution in [3.63, 3.8) is 0 Å². The molecule has 0 fully saturated rings. The van der Waals surface area contributed by atoms with Crippen LogP contribution in [0.25, 0.3) is 0 Å². The Morgan fingerprint density at radius 2 is 1.97 bits per heavy atom. The van der Waals surface area contributed by atoms with Crippen LogP contribution in [-0.2, 0) is 9.53 Å². The zero-order valence-electron chi connectivity index (χ0n) is 19.6. The molecule has 0 amide bonds. The van der Waals surface area contributed by atoms with E-state index in [1.807, 2.05) is 6.08 Å². The first-order valence-corrected chi connectivity index (χ1v) is 15.5. The molecule has 172 valence electrons. The first-order chi connectivity index (χ1) is 14.3. The molecular formula is C25H44O4Si. The van der Waals surface area contributed by atoms with Crippen molar-refractivity contribution in [1.82, 2.24) is 0 Å². The summed E-state index contributed by atoms with van der Waals surface area (Å²) in [5, 5.41) is 19.6. The summed E-state index contributed by atoms with van der Waals surface area (Å²) in [4.78, 5) is 11.9. The third-order valence-corrected chi connectivity index (χ3v) is 7.59. The number of hydrogen-bond acceptors (Lipinski definition) is 4. The van der Waals surface area contributed by atoms with Crippen molar-refractivity contribution in [2.45, 2.75) is 90.1 Å². The van der Waals surface area contributed by atoms with Gasteiger partial charge in [0.15, 0.2) is 0 Å². The molecule has 0 aromatic carbocycles. The van der Waals surface area contributed by atoms with Crippen molar-refractivity contribution in [3.05, 3.63) is 36.0 Å². The number of hydrogen-bond donors (Lipinski definition) is 2. The molecule has 0 aromatic rings. The molecule has 0 heterocycles. The minimum atomic E-state index is -1.18. The maximum absolute atomic E-state index is 11.9. The van der Waals surface area contributed by atoms with Crippen LogP contribution in [-0.4, -0.2) is 43.6 Å². The van der Waals surface area contributed by atoms with Gasteiger partial charge in [0, 0.05) is 20.8 Å². The van der Waals surface area contributed by atoms with Crippen LogP contribution in [0.4, 0.5) is 0 Å². The molecule has 1 aliphatic carbocycles. The molecule has 0 aliphatic heterocycles. The zero-order valence-corrected chi connectivity index (χ0v) is 20.6. The predicted octanol–water partition coefficient (Wildman–Crippen LogP) is 5.65. The van der Waals surface area contributed by atoms with Crippen molar-refractivity contribution in [3.8, 4) is 0 Å². The van der Waals surface area contributed by atoms with E-state index in [2.05, 4.69) is 44.8 Å². The molecule has 2 N–H and O–H groups in total. The van der Waals surface area contributed by atoms with Gasteiger partial charge in [-0.05, 0) is 55.6 Å². The second-order valence-corrected chi connectivity index (χ2v) is 15.3. The Labute approximate surface area is 185 Å². The topological polar surface area (TPSA) is 66.8 Å². The summed E-state index contributed by atoms with van der Waals surface area (Å²) in [6.07, 6.45) is 17.4. The molecule has 0 saturated heterocycles. The standard InChI is InChI=1S/C25H44O4Si/c1-5-21(14-12-15-24(27)29-19-20-30(2,3)4)23-17-16-22(25(23)28)13-10-8-6-7-9-11-18-26/h10,12-13,15-16,21,23,25-26,28H,5-9,11,14,17-20H2,1-4H3/b13-10+,15-12?/t21?,23?,25-/m0/s1. The van der Waals surface area contributed by atoms with Crippen molar-refractivity contribution >= 4 is 14.0 Å². The van der Waals surface area contributed by atoms with Gasteiger partial charge in [-0.2, -0.15) is 0 Å². The molecule has 4 nitrogen and oxygen atoms in total. The average Bonchev–Trinajstić information content (AvgIpc) is 3.04. The molecule has 0 aromatic heterocycles. The van der Waals surface area contributed by atoms with E-state index in [4.69, 9.17) is 9.84 Å². The lowest BCUT2D eigenvalue weighted by atomic mass is 9.83. The van der Waals surface area contributed by atoms with Gasteiger partial charge in [-0.3, -0.25) is 0 Å². The largest absolute Gasteiger partial charge is 0.463 e. The van der Waals surface area contributed by atoms with Crippen molar-refractivity contribution < 1.29 is 19.7 Å². The van der Waals surface area contributed by atoms with E-state index >= 15 is 0 Å². The number of aliphatic hydroxyl groups excluding tert-OH is 2. The molecule has 3 atom stereocenters. The second-order valence-electron chi connectivity index (χ2n) is 9.66. The molecule has 30 heavy (non-hydrogen) atoms. The number of carbonyl (C=O) groups is 1. The molecule has 0 spiro atoms. The van der Waals surface area contributed by atoms with E-state index < -0.39 is 14.2 Å². The average molecular weight is 437 g/mol. The fraction of sp³-hybridized carbons (Fsp3) is 0.720. The van der Waals surface area contributed by atoms with Crippen molar-refractivity contribution in [2.24, 2.45) is 11.8 Å². The summed E-state index contributed by atoms with van der Waals surface area (Å²) in [6, 6.07) is 0.989. The highest BCUT2D eigenvalue weighted by molar-refractivity contribution is 6.76. The van der Waals surface area contributed by atoms with Gasteiger partial charge in [-0.15, -0.1) is 0 Å². The van der Waals surface area contributed by atoms with E-state index in [1.54, 1.807) is 6.08 Å². The lowest BCUT2D eigenvalue weighted by molar-refractivity contribution is -0.137. The maximum atomic E-state index is 11.9. The lowest BCUT2D eigenvalue weighted by Crippen LogP contribution is -2.24. The van der Waals surface area contributed by atoms with E-state index in [0.29, 0.717) is 12.5 Å². The SMILES string of the molecule is CCC(CC=CC(=O)OCC[Si](C)(C)C)C1CC=C(/C=C/CCCCCCO)[C@@H]1O. The fourth-order valence-corrected chi connectivity index (χ4v) is 4.54. The molecule has 5 heteroatoms. The van der Waals surface area contributed by atoms with Crippen LogP contribution < -0.4 is 0 Å². The molecular weight excluding hydrogens is 392 g/mol. The smallest absolute Gasteiger partial charge is 0.330 e. The van der Waals surface area contributed by atoms with Gasteiger partial charge in [0.1, 0.15) is 0 Å². The highest BCUT2D eigenvalue weighted by Gasteiger charge is 2.31. The predicted molar refractivity (Wildman–Crippen MR) is 128 cm³/mol. The highest BCUT2D eigenvalue weighted by Crippen LogP contribution is 2.35. The number of aliphatic hydroxyl groups is 2. The maximum Gasteiger partial charge on any atom is 0.330 e. The minimum Gasteiger partial charge on any atom is -0.463 e. The van der Waals surface area contributed by atoms with Crippen LogP contribution in [0.1, 0.15) is 58.3 Å². The molecule has 0 bridgehead atoms. The summed E-state index contributed by atoms with van der Waals surface area (Å²) < 4.78 is 5.31. The molecule has 2 unspecified atom stereocenters. The Morgan fingerprint density at radius 1 is 1.23 bits per heavy atom. The van der Waals surface area contributed by atoms with Crippen LogP contribution in [0, 0.1) is 11.8 Å². The second kappa shape index (κ2) is 14.8. The van der Waals surface area contributed by atoms with Gasteiger partial charge < -0.3 is 14.9 Å². The molecule has 1 aliphatic rings. The summed E-state index contributed by atoms with van der Waals surface area (Å²) in [5.41, 5.74) is 1.03. The normalized spacial score (nSPS) is 20.8. The first-order valence-electron chi connectivity index (χ1n) is 11.8. The van der Waals surface area contributed by atoms with Gasteiger partial charge >= 0.3 is 5.97 Å². The van der Waals surface area contributed by atoms with Crippen molar-refractivity contribution in [2.75, 3.05) is 13.2 Å². The van der Waals surface area contributed by atoms with Crippen molar-refractivity contribution in [1.29, 1.82) is 0 Å². The van der Waals surface area contributed by atoms with Gasteiger partial charge in [0.25, 0.3) is 0 Å². The molecule has 0 radical (unpaired) electrons. The van der Waals surface area contributed by atoms with Crippen LogP contribution in [0.2, 0.25) is 25.7 Å². The van der Waals surface area contributed by atoms with E-state index in [1.165, 1.54) is 0 Å². The summed E-state index contributed by atoms with van der Waals surface area (Å²) in [5.74, 6) is 0.314. The Hall–Kier alpha value is -1.17. The third-order valence-electron chi connectivity index (χ3n) is 5.88. The van der Waals surface area contributed by atoms with Gasteiger partial charge in [0.2, 0.25) is 0 Å². The minimum absolute atomic E-state index is 0.215. The van der Waals surface area contributed by atoms with E-state index in [0.717, 1.165) is 63.0 Å². The quantitative estimate of drug-likeness (QED) is 0.151. The summed E-state index contributed by atoms with van der Waals surface area (Å²) >= 11 is 0. The van der Waals surface area contributed by atoms with E-state index in [-0.39, 0.29) is 18.5 Å². The number of allylic oxidation sites excluding steroid dienone is 3. The number of esters is 1. The number of carbonyl (C=O) groups excluding carboxylic acids is 1. The molecule has 1 rings (SSSR count). The number of rotatable bonds is 15. The van der Waals surface area contributed by atoms with Crippen LogP contribution >= 0.6 is 0 Å². The Bertz CT molecular complexity index is 574. The number of ether oxygens (including phenoxy) is 1. The third kappa shape index (κ3) is 11.3. The summed E-state index contributed by atoms with van der Waals surface area (Å²) in [7, 11) is -1.18. The van der Waals surface area contributed by atoms with Gasteiger partial charge in [-0.25, -0.2) is 4.79 Å². The summed E-state index contributed by atoms with van der Waals surface area (Å²) in [6.45, 7) is 9.75. The zero-order chi connectivity index (χ0) is 22.4. The Morgan fingerprint density at radius 3 is 2.63 bits per heavy atom. The fourth-order valence-electron chi connectivity index (χ4n) is 3.82. The van der Waals surface area contributed by atoms with Crippen LogP contribution in [0.15, 0.2) is 36.0 Å². The highest BCUT2D eigenvalue weighted by atomic mass is 28.3. The monoisotopic (exact) mass is 436 g/mol. The molecule has 0 saturated carbocycles. The first kappa shape index (κ1) is 26.9. The lowest BCUT2D eigenvalue weighted by Gasteiger charge is -2.25. The van der Waals surface area contributed by atoms with Gasteiger partial charge in [0.05, 0.1) is 12.7 Å². The number of unbranched alkanes of at least 4 members (excludes halogenated alkanes) is 4. The van der Waals surface area contributed by atoms with Crippen LogP contribution in [0.5, 0.6) is 0 Å². The Balaban J connectivity index is 2.37. The Kier molecular flexibility index (Phi) is 13.2. The van der Waals surface area contributed by atoms with Crippen LogP contribution in [0.3, 0.4) is 0 Å². The van der Waals surface area contributed by atoms with Gasteiger partial charge in [-0.1, -0.05) is 70.1 Å². The van der Waals surface area contributed by atoms with E-state index in [9.17, 15) is 9.90 Å².